The van der Waals surface area contributed by atoms with E-state index in [1.807, 2.05) is 69.3 Å². The predicted octanol–water partition coefficient (Wildman–Crippen LogP) is 5.24. The van der Waals surface area contributed by atoms with Crippen molar-refractivity contribution in [3.05, 3.63) is 70.8 Å². The van der Waals surface area contributed by atoms with Gasteiger partial charge in [-0.3, -0.25) is 9.59 Å². The zero-order valence-electron chi connectivity index (χ0n) is 23.6. The first kappa shape index (κ1) is 29.9. The van der Waals surface area contributed by atoms with Gasteiger partial charge < -0.3 is 20.3 Å². The van der Waals surface area contributed by atoms with Crippen LogP contribution in [0.5, 0.6) is 0 Å². The highest BCUT2D eigenvalue weighted by Gasteiger charge is 2.35. The second kappa shape index (κ2) is 13.3. The lowest BCUT2D eigenvalue weighted by Crippen LogP contribution is -2.53. The Hall–Kier alpha value is -3.35. The van der Waals surface area contributed by atoms with Gasteiger partial charge in [-0.05, 0) is 64.7 Å². The van der Waals surface area contributed by atoms with Gasteiger partial charge in [0.05, 0.1) is 0 Å². The van der Waals surface area contributed by atoms with Crippen LogP contribution in [0.25, 0.3) is 0 Å². The van der Waals surface area contributed by atoms with E-state index < -0.39 is 23.8 Å². The van der Waals surface area contributed by atoms with E-state index in [0.29, 0.717) is 0 Å². The molecule has 2 aromatic rings. The molecule has 0 saturated heterocycles. The quantitative estimate of drug-likeness (QED) is 0.458. The van der Waals surface area contributed by atoms with Gasteiger partial charge in [-0.15, -0.1) is 0 Å². The van der Waals surface area contributed by atoms with E-state index in [2.05, 4.69) is 17.6 Å². The molecule has 7 heteroatoms. The smallest absolute Gasteiger partial charge is 0.408 e. The van der Waals surface area contributed by atoms with Gasteiger partial charge in [-0.25, -0.2) is 4.79 Å². The zero-order chi connectivity index (χ0) is 27.8. The normalized spacial score (nSPS) is 13.7. The van der Waals surface area contributed by atoms with Crippen LogP contribution in [-0.2, 0) is 20.7 Å². The topological polar surface area (TPSA) is 87.7 Å². The van der Waals surface area contributed by atoms with Crippen LogP contribution in [0.4, 0.5) is 4.79 Å². The number of amides is 3. The Labute approximate surface area is 222 Å². The molecule has 2 N–H and O–H groups in total. The molecule has 0 saturated carbocycles. The van der Waals surface area contributed by atoms with E-state index in [-0.39, 0.29) is 24.3 Å². The first-order chi connectivity index (χ1) is 17.3. The Morgan fingerprint density at radius 2 is 1.65 bits per heavy atom. The van der Waals surface area contributed by atoms with E-state index >= 15 is 0 Å². The number of likely N-dealkylation sites (N-methyl/N-ethyl adjacent to an activating group) is 1. The molecule has 37 heavy (non-hydrogen) atoms. The van der Waals surface area contributed by atoms with Gasteiger partial charge >= 0.3 is 6.09 Å². The number of rotatable bonds is 10. The number of nitrogens with one attached hydrogen (secondary N) is 2. The van der Waals surface area contributed by atoms with E-state index in [1.54, 1.807) is 27.8 Å². The summed E-state index contributed by atoms with van der Waals surface area (Å²) in [4.78, 5) is 41.7. The molecule has 0 aliphatic heterocycles. The Bertz CT molecular complexity index is 1060. The van der Waals surface area contributed by atoms with Crippen LogP contribution in [0.1, 0.15) is 75.8 Å². The average molecular weight is 510 g/mol. The van der Waals surface area contributed by atoms with Gasteiger partial charge in [-0.1, -0.05) is 67.4 Å². The number of benzene rings is 2. The SMILES string of the molecule is CCCC(C)NC(=O)C(c1cc(C)ccc1C)N(C)C(=O)C(Cc1ccccc1)NC(=O)OC(C)(C)C. The largest absolute Gasteiger partial charge is 0.444 e. The molecule has 3 unspecified atom stereocenters. The highest BCUT2D eigenvalue weighted by molar-refractivity contribution is 5.92. The minimum Gasteiger partial charge on any atom is -0.444 e. The molecule has 0 aliphatic rings. The summed E-state index contributed by atoms with van der Waals surface area (Å²) in [7, 11) is 1.62. The molecule has 0 aliphatic carbocycles. The molecule has 0 aromatic heterocycles. The third kappa shape index (κ3) is 9.23. The fourth-order valence-corrected chi connectivity index (χ4v) is 4.28. The van der Waals surface area contributed by atoms with Crippen molar-refractivity contribution >= 4 is 17.9 Å². The number of alkyl carbamates (subject to hydrolysis) is 1. The van der Waals surface area contributed by atoms with Crippen molar-refractivity contribution in [2.45, 2.75) is 91.5 Å². The van der Waals surface area contributed by atoms with Crippen molar-refractivity contribution in [2.75, 3.05) is 7.05 Å². The van der Waals surface area contributed by atoms with Crippen LogP contribution < -0.4 is 10.6 Å². The second-order valence-corrected chi connectivity index (χ2v) is 10.8. The number of hydrogen-bond donors (Lipinski definition) is 2. The summed E-state index contributed by atoms with van der Waals surface area (Å²) < 4.78 is 5.44. The highest BCUT2D eigenvalue weighted by Crippen LogP contribution is 2.26. The van der Waals surface area contributed by atoms with Crippen molar-refractivity contribution in [3.63, 3.8) is 0 Å². The minimum absolute atomic E-state index is 0.0337. The van der Waals surface area contributed by atoms with E-state index in [0.717, 1.165) is 35.1 Å². The molecule has 0 spiro atoms. The summed E-state index contributed by atoms with van der Waals surface area (Å²) in [5, 5.41) is 5.83. The Morgan fingerprint density at radius 3 is 2.24 bits per heavy atom. The molecule has 2 rings (SSSR count). The maximum absolute atomic E-state index is 14.0. The summed E-state index contributed by atoms with van der Waals surface area (Å²) in [6.45, 7) is 13.2. The molecule has 0 heterocycles. The summed E-state index contributed by atoms with van der Waals surface area (Å²) in [6.07, 6.45) is 1.35. The van der Waals surface area contributed by atoms with Crippen LogP contribution in [-0.4, -0.2) is 47.5 Å². The standard InChI is InChI=1S/C30H43N3O4/c1-9-13-22(4)31-27(34)26(24-18-20(2)16-17-21(24)3)33(8)28(35)25(19-23-14-11-10-12-15-23)32-29(36)37-30(5,6)7/h10-12,14-18,22,25-26H,9,13,19H2,1-8H3,(H,31,34)(H,32,36). The van der Waals surface area contributed by atoms with Crippen molar-refractivity contribution in [1.29, 1.82) is 0 Å². The molecule has 7 nitrogen and oxygen atoms in total. The summed E-state index contributed by atoms with van der Waals surface area (Å²) >= 11 is 0. The molecule has 0 fully saturated rings. The molecular weight excluding hydrogens is 466 g/mol. The maximum atomic E-state index is 14.0. The van der Waals surface area contributed by atoms with Crippen molar-refractivity contribution in [1.82, 2.24) is 15.5 Å². The molecular formula is C30H43N3O4. The average Bonchev–Trinajstić information content (AvgIpc) is 2.80. The third-order valence-electron chi connectivity index (χ3n) is 6.09. The van der Waals surface area contributed by atoms with Gasteiger partial charge in [0.15, 0.2) is 0 Å². The number of nitrogens with zero attached hydrogens (tertiary/aromatic N) is 1. The zero-order valence-corrected chi connectivity index (χ0v) is 23.6. The molecule has 0 bridgehead atoms. The van der Waals surface area contributed by atoms with Gasteiger partial charge in [0.1, 0.15) is 17.7 Å². The highest BCUT2D eigenvalue weighted by atomic mass is 16.6. The number of carbonyl (C=O) groups excluding carboxylic acids is 3. The monoisotopic (exact) mass is 509 g/mol. The Morgan fingerprint density at radius 1 is 1.00 bits per heavy atom. The van der Waals surface area contributed by atoms with Crippen LogP contribution in [0.2, 0.25) is 0 Å². The predicted molar refractivity (Wildman–Crippen MR) is 147 cm³/mol. The Balaban J connectivity index is 2.45. The lowest BCUT2D eigenvalue weighted by Gasteiger charge is -2.33. The second-order valence-electron chi connectivity index (χ2n) is 10.8. The summed E-state index contributed by atoms with van der Waals surface area (Å²) in [5.41, 5.74) is 2.83. The minimum atomic E-state index is -0.921. The van der Waals surface area contributed by atoms with Gasteiger partial charge in [-0.2, -0.15) is 0 Å². The number of aryl methyl sites for hydroxylation is 2. The number of ether oxygens (including phenoxy) is 1. The third-order valence-corrected chi connectivity index (χ3v) is 6.09. The summed E-state index contributed by atoms with van der Waals surface area (Å²) in [6, 6.07) is 13.5. The van der Waals surface area contributed by atoms with Crippen LogP contribution in [0, 0.1) is 13.8 Å². The van der Waals surface area contributed by atoms with Crippen LogP contribution >= 0.6 is 0 Å². The van der Waals surface area contributed by atoms with E-state index in [9.17, 15) is 14.4 Å². The fraction of sp³-hybridized carbons (Fsp3) is 0.500. The number of carbonyl (C=O) groups is 3. The van der Waals surface area contributed by atoms with Crippen LogP contribution in [0.15, 0.2) is 48.5 Å². The molecule has 0 radical (unpaired) electrons. The lowest BCUT2D eigenvalue weighted by atomic mass is 9.95. The van der Waals surface area contributed by atoms with Crippen molar-refractivity contribution in [2.24, 2.45) is 0 Å². The lowest BCUT2D eigenvalue weighted by molar-refractivity contribution is -0.141. The number of hydrogen-bond acceptors (Lipinski definition) is 4. The first-order valence-corrected chi connectivity index (χ1v) is 13.0. The summed E-state index contributed by atoms with van der Waals surface area (Å²) in [5.74, 6) is -0.625. The van der Waals surface area contributed by atoms with Crippen molar-refractivity contribution < 1.29 is 19.1 Å². The molecule has 3 atom stereocenters. The van der Waals surface area contributed by atoms with Crippen LogP contribution in [0.3, 0.4) is 0 Å². The van der Waals surface area contributed by atoms with Gasteiger partial charge in [0, 0.05) is 19.5 Å². The molecule has 2 aromatic carbocycles. The molecule has 202 valence electrons. The molecule has 3 amide bonds. The Kier molecular flexibility index (Phi) is 10.7. The first-order valence-electron chi connectivity index (χ1n) is 13.0. The maximum Gasteiger partial charge on any atom is 0.408 e. The fourth-order valence-electron chi connectivity index (χ4n) is 4.28. The van der Waals surface area contributed by atoms with E-state index in [1.165, 1.54) is 4.90 Å². The van der Waals surface area contributed by atoms with Gasteiger partial charge in [0.25, 0.3) is 0 Å². The van der Waals surface area contributed by atoms with Crippen molar-refractivity contribution in [3.8, 4) is 0 Å². The van der Waals surface area contributed by atoms with Gasteiger partial charge in [0.2, 0.25) is 11.8 Å². The van der Waals surface area contributed by atoms with E-state index in [4.69, 9.17) is 4.74 Å².